The molecule has 142 valence electrons. The van der Waals surface area contributed by atoms with E-state index >= 15 is 0 Å². The van der Waals surface area contributed by atoms with Crippen LogP contribution in [0.5, 0.6) is 0 Å². The number of benzene rings is 1. The molecule has 2 unspecified atom stereocenters. The second-order valence-electron chi connectivity index (χ2n) is 7.16. The molecule has 26 heavy (non-hydrogen) atoms. The highest BCUT2D eigenvalue weighted by Gasteiger charge is 2.32. The van der Waals surface area contributed by atoms with Crippen molar-refractivity contribution in [3.05, 3.63) is 29.3 Å². The molecule has 0 spiro atoms. The summed E-state index contributed by atoms with van der Waals surface area (Å²) in [5, 5.41) is 12.0. The summed E-state index contributed by atoms with van der Waals surface area (Å²) in [6.45, 7) is 6.58. The van der Waals surface area contributed by atoms with E-state index in [1.54, 1.807) is 12.1 Å². The molecule has 2 amide bonds. The van der Waals surface area contributed by atoms with Crippen molar-refractivity contribution in [2.45, 2.75) is 33.1 Å². The Kier molecular flexibility index (Phi) is 6.23. The minimum atomic E-state index is -0.897. The molecule has 0 aromatic heterocycles. The number of hydrogen-bond donors (Lipinski definition) is 2. The fraction of sp³-hybridized carbons (Fsp3) is 0.526. The zero-order chi connectivity index (χ0) is 19.4. The number of carbonyl (C=O) groups excluding carboxylic acids is 2. The molecule has 0 saturated carbocycles. The number of nitrogens with zero attached hydrogens (tertiary/aromatic N) is 1. The first kappa shape index (κ1) is 19.8. The molecular weight excluding hydrogens is 336 g/mol. The monoisotopic (exact) mass is 362 g/mol. The van der Waals surface area contributed by atoms with E-state index in [4.69, 9.17) is 4.74 Å². The van der Waals surface area contributed by atoms with E-state index in [1.807, 2.05) is 26.8 Å². The number of rotatable bonds is 4. The third kappa shape index (κ3) is 4.53. The summed E-state index contributed by atoms with van der Waals surface area (Å²) in [7, 11) is 1.29. The number of carbonyl (C=O) groups is 3. The number of esters is 1. The van der Waals surface area contributed by atoms with E-state index in [2.05, 4.69) is 5.32 Å². The lowest BCUT2D eigenvalue weighted by molar-refractivity contribution is -0.143. The maximum Gasteiger partial charge on any atom is 0.339 e. The number of urea groups is 1. The molecule has 1 fully saturated rings. The number of carboxylic acid groups (broad SMARTS) is 1. The summed E-state index contributed by atoms with van der Waals surface area (Å²) in [4.78, 5) is 37.5. The number of nitrogens with one attached hydrogen (secondary N) is 1. The molecule has 2 atom stereocenters. The van der Waals surface area contributed by atoms with Crippen LogP contribution in [0, 0.1) is 11.8 Å². The quantitative estimate of drug-likeness (QED) is 0.802. The SMILES string of the molecule is COC(=O)c1cc(C(C)C)ccc1NC(=O)N1CC(C)CC(C(=O)O)C1. The Morgan fingerprint density at radius 3 is 2.54 bits per heavy atom. The van der Waals surface area contributed by atoms with Crippen molar-refractivity contribution in [3.63, 3.8) is 0 Å². The van der Waals surface area contributed by atoms with Crippen LogP contribution in [0.2, 0.25) is 0 Å². The van der Waals surface area contributed by atoms with Gasteiger partial charge in [-0.3, -0.25) is 4.79 Å². The van der Waals surface area contributed by atoms with Gasteiger partial charge in [-0.2, -0.15) is 0 Å². The number of aliphatic carboxylic acids is 1. The lowest BCUT2D eigenvalue weighted by atomic mass is 9.91. The highest BCUT2D eigenvalue weighted by atomic mass is 16.5. The van der Waals surface area contributed by atoms with E-state index in [0.29, 0.717) is 18.7 Å². The molecular formula is C19H26N2O5. The van der Waals surface area contributed by atoms with Gasteiger partial charge in [0, 0.05) is 13.1 Å². The highest BCUT2D eigenvalue weighted by Crippen LogP contribution is 2.26. The average Bonchev–Trinajstić information content (AvgIpc) is 2.60. The molecule has 1 saturated heterocycles. The lowest BCUT2D eigenvalue weighted by Crippen LogP contribution is -2.47. The van der Waals surface area contributed by atoms with Crippen LogP contribution in [0.25, 0.3) is 0 Å². The maximum absolute atomic E-state index is 12.6. The van der Waals surface area contributed by atoms with Gasteiger partial charge in [0.2, 0.25) is 0 Å². The van der Waals surface area contributed by atoms with Crippen molar-refractivity contribution in [3.8, 4) is 0 Å². The molecule has 1 aromatic rings. The number of ether oxygens (including phenoxy) is 1. The molecule has 2 N–H and O–H groups in total. The fourth-order valence-electron chi connectivity index (χ4n) is 3.20. The molecule has 7 heteroatoms. The fourth-order valence-corrected chi connectivity index (χ4v) is 3.20. The van der Waals surface area contributed by atoms with Gasteiger partial charge in [-0.05, 0) is 36.0 Å². The van der Waals surface area contributed by atoms with Crippen molar-refractivity contribution in [1.29, 1.82) is 0 Å². The Bertz CT molecular complexity index is 701. The third-order valence-electron chi connectivity index (χ3n) is 4.65. The maximum atomic E-state index is 12.6. The summed E-state index contributed by atoms with van der Waals surface area (Å²) in [5.41, 5.74) is 1.60. The van der Waals surface area contributed by atoms with Crippen LogP contribution in [0.1, 0.15) is 49.0 Å². The van der Waals surface area contributed by atoms with Crippen molar-refractivity contribution in [2.24, 2.45) is 11.8 Å². The number of amides is 2. The second-order valence-corrected chi connectivity index (χ2v) is 7.16. The first-order valence-electron chi connectivity index (χ1n) is 8.73. The van der Waals surface area contributed by atoms with Crippen LogP contribution in [0.4, 0.5) is 10.5 Å². The van der Waals surface area contributed by atoms with Crippen LogP contribution >= 0.6 is 0 Å². The normalized spacial score (nSPS) is 20.0. The molecule has 1 heterocycles. The second kappa shape index (κ2) is 8.21. The molecule has 1 aromatic carbocycles. The number of carboxylic acids is 1. The van der Waals surface area contributed by atoms with Gasteiger partial charge in [0.05, 0.1) is 24.3 Å². The Morgan fingerprint density at radius 2 is 1.96 bits per heavy atom. The van der Waals surface area contributed by atoms with Crippen LogP contribution in [-0.4, -0.2) is 48.2 Å². The van der Waals surface area contributed by atoms with E-state index < -0.39 is 23.9 Å². The number of piperidine rings is 1. The lowest BCUT2D eigenvalue weighted by Gasteiger charge is -2.34. The molecule has 1 aliphatic heterocycles. The minimum absolute atomic E-state index is 0.0963. The van der Waals surface area contributed by atoms with E-state index in [9.17, 15) is 19.5 Å². The molecule has 0 aliphatic carbocycles. The standard InChI is InChI=1S/C19H26N2O5/c1-11(2)13-5-6-16(15(8-13)18(24)26-4)20-19(25)21-9-12(3)7-14(10-21)17(22)23/h5-6,8,11-12,14H,7,9-10H2,1-4H3,(H,20,25)(H,22,23). The van der Waals surface area contributed by atoms with Gasteiger partial charge in [0.1, 0.15) is 0 Å². The van der Waals surface area contributed by atoms with Crippen LogP contribution in [0.15, 0.2) is 18.2 Å². The van der Waals surface area contributed by atoms with Crippen LogP contribution in [-0.2, 0) is 9.53 Å². The van der Waals surface area contributed by atoms with Gasteiger partial charge in [0.25, 0.3) is 0 Å². The predicted molar refractivity (Wildman–Crippen MR) is 97.4 cm³/mol. The smallest absolute Gasteiger partial charge is 0.339 e. The van der Waals surface area contributed by atoms with E-state index in [-0.39, 0.29) is 23.9 Å². The summed E-state index contributed by atoms with van der Waals surface area (Å²) in [6.07, 6.45) is 0.551. The number of hydrogen-bond acceptors (Lipinski definition) is 4. The number of anilines is 1. The molecule has 0 bridgehead atoms. The highest BCUT2D eigenvalue weighted by molar-refractivity contribution is 6.01. The molecule has 7 nitrogen and oxygen atoms in total. The summed E-state index contributed by atoms with van der Waals surface area (Å²) < 4.78 is 4.82. The Morgan fingerprint density at radius 1 is 1.27 bits per heavy atom. The zero-order valence-corrected chi connectivity index (χ0v) is 15.6. The van der Waals surface area contributed by atoms with Gasteiger partial charge < -0.3 is 20.1 Å². The largest absolute Gasteiger partial charge is 0.481 e. The van der Waals surface area contributed by atoms with Gasteiger partial charge in [-0.25, -0.2) is 9.59 Å². The van der Waals surface area contributed by atoms with E-state index in [1.165, 1.54) is 12.0 Å². The minimum Gasteiger partial charge on any atom is -0.481 e. The van der Waals surface area contributed by atoms with Gasteiger partial charge in [-0.15, -0.1) is 0 Å². The topological polar surface area (TPSA) is 95.9 Å². The van der Waals surface area contributed by atoms with Crippen LogP contribution < -0.4 is 5.32 Å². The predicted octanol–water partition coefficient (Wildman–Crippen LogP) is 3.17. The van der Waals surface area contributed by atoms with Crippen LogP contribution in [0.3, 0.4) is 0 Å². The Labute approximate surface area is 153 Å². The summed E-state index contributed by atoms with van der Waals surface area (Å²) in [5.74, 6) is -1.68. The molecule has 0 radical (unpaired) electrons. The summed E-state index contributed by atoms with van der Waals surface area (Å²) >= 11 is 0. The van der Waals surface area contributed by atoms with Crippen molar-refractivity contribution in [1.82, 2.24) is 4.90 Å². The van der Waals surface area contributed by atoms with Gasteiger partial charge in [-0.1, -0.05) is 26.8 Å². The van der Waals surface area contributed by atoms with Gasteiger partial charge >= 0.3 is 18.0 Å². The number of methoxy groups -OCH3 is 1. The third-order valence-corrected chi connectivity index (χ3v) is 4.65. The van der Waals surface area contributed by atoms with E-state index in [0.717, 1.165) is 5.56 Å². The van der Waals surface area contributed by atoms with Crippen molar-refractivity contribution >= 4 is 23.7 Å². The summed E-state index contributed by atoms with van der Waals surface area (Å²) in [6, 6.07) is 4.84. The zero-order valence-electron chi connectivity index (χ0n) is 15.6. The first-order chi connectivity index (χ1) is 12.2. The molecule has 2 rings (SSSR count). The number of likely N-dealkylation sites (tertiary alicyclic amines) is 1. The Balaban J connectivity index is 2.22. The average molecular weight is 362 g/mol. The van der Waals surface area contributed by atoms with Crippen molar-refractivity contribution < 1.29 is 24.2 Å². The van der Waals surface area contributed by atoms with Crippen molar-refractivity contribution in [2.75, 3.05) is 25.5 Å². The first-order valence-corrected chi connectivity index (χ1v) is 8.73. The van der Waals surface area contributed by atoms with Gasteiger partial charge in [0.15, 0.2) is 0 Å². The molecule has 1 aliphatic rings. The Hall–Kier alpha value is -2.57.